The summed E-state index contributed by atoms with van der Waals surface area (Å²) in [5, 5.41) is 12.0. The van der Waals surface area contributed by atoms with Gasteiger partial charge < -0.3 is 14.6 Å². The number of hydrogen-bond donors (Lipinski definition) is 1. The molecule has 2 aromatic heterocycles. The lowest BCUT2D eigenvalue weighted by molar-refractivity contribution is -0.0374. The normalized spacial score (nSPS) is 25.4. The standard InChI is InChI=1S/C48H34F4N2O6S2/c49-31-15-23-24(16-32(31)50)40(56)29(39(23)55)19-37-53-45-43(61-37)27-11-22-14-36-28(12-21(22)13-35(27)59-47(45)7-3-1-4-8-47)44-46(48(60-36)9-5-2-6-10-48)54-38(62-44)20-30-41(57)25-17-33(51)34(52)18-26(25)42(30)58/h11-22,39,55H,1-10H2/b29-19+. The van der Waals surface area contributed by atoms with Crippen LogP contribution in [0.4, 0.5) is 17.6 Å². The fourth-order valence-electron chi connectivity index (χ4n) is 10.7. The number of aromatic nitrogens is 2. The molecular weight excluding hydrogens is 841 g/mol. The molecule has 0 bridgehead atoms. The molecule has 8 aliphatic rings. The Morgan fingerprint density at radius 3 is 1.55 bits per heavy atom. The Balaban J connectivity index is 0.931. The first kappa shape index (κ1) is 38.1. The second-order valence-electron chi connectivity index (χ2n) is 17.4. The Kier molecular flexibility index (Phi) is 8.28. The smallest absolute Gasteiger partial charge is 0.197 e. The molecule has 2 fully saturated rings. The summed E-state index contributed by atoms with van der Waals surface area (Å²) < 4.78 is 70.6. The van der Waals surface area contributed by atoms with Gasteiger partial charge in [-0.2, -0.15) is 0 Å². The zero-order valence-corrected chi connectivity index (χ0v) is 34.4. The molecule has 0 amide bonds. The number of ketones is 3. The van der Waals surface area contributed by atoms with E-state index in [0.717, 1.165) is 132 Å². The maximum atomic E-state index is 14.2. The second-order valence-corrected chi connectivity index (χ2v) is 19.4. The molecule has 12 rings (SSSR count). The number of hydrogen-bond acceptors (Lipinski definition) is 10. The minimum Gasteiger partial charge on any atom is -0.481 e. The highest BCUT2D eigenvalue weighted by molar-refractivity contribution is 7.14. The minimum atomic E-state index is -1.43. The number of carbonyl (C=O) groups is 3. The summed E-state index contributed by atoms with van der Waals surface area (Å²) in [6, 6.07) is 3.26. The molecule has 2 aromatic carbocycles. The number of benzene rings is 2. The Hall–Kier alpha value is -5.57. The molecule has 3 unspecified atom stereocenters. The lowest BCUT2D eigenvalue weighted by Gasteiger charge is -2.45. The summed E-state index contributed by atoms with van der Waals surface area (Å²) in [6.07, 6.45) is 19.0. The van der Waals surface area contributed by atoms with E-state index in [1.165, 1.54) is 34.8 Å². The van der Waals surface area contributed by atoms with Crippen molar-refractivity contribution in [1.29, 1.82) is 0 Å². The number of ether oxygens (including phenoxy) is 2. The maximum Gasteiger partial charge on any atom is 0.197 e. The topological polar surface area (TPSA) is 116 Å². The number of carbonyl (C=O) groups excluding carboxylic acids is 3. The molecule has 4 aromatic rings. The predicted octanol–water partition coefficient (Wildman–Crippen LogP) is 10.8. The Morgan fingerprint density at radius 1 is 0.597 bits per heavy atom. The van der Waals surface area contributed by atoms with Crippen molar-refractivity contribution in [2.75, 3.05) is 0 Å². The fraction of sp³-hybridized carbons (Fsp3) is 0.312. The Bertz CT molecular complexity index is 2930. The number of allylic oxidation sites excluding steroid dienone is 7. The van der Waals surface area contributed by atoms with Gasteiger partial charge in [0.1, 0.15) is 39.0 Å². The van der Waals surface area contributed by atoms with Gasteiger partial charge in [0.15, 0.2) is 51.8 Å². The lowest BCUT2D eigenvalue weighted by Crippen LogP contribution is -2.38. The van der Waals surface area contributed by atoms with Crippen LogP contribution in [0, 0.1) is 35.1 Å². The van der Waals surface area contributed by atoms with E-state index in [2.05, 4.69) is 24.3 Å². The van der Waals surface area contributed by atoms with E-state index in [0.29, 0.717) is 10.0 Å². The van der Waals surface area contributed by atoms with Crippen LogP contribution in [-0.2, 0) is 20.7 Å². The van der Waals surface area contributed by atoms with Gasteiger partial charge in [0.25, 0.3) is 0 Å². The van der Waals surface area contributed by atoms with Crippen LogP contribution in [0.1, 0.15) is 138 Å². The molecule has 14 heteroatoms. The number of thiazole rings is 2. The zero-order chi connectivity index (χ0) is 42.4. The van der Waals surface area contributed by atoms with E-state index in [1.54, 1.807) is 0 Å². The number of fused-ring (bicyclic) bond motifs is 11. The van der Waals surface area contributed by atoms with Gasteiger partial charge in [-0.05, 0) is 105 Å². The van der Waals surface area contributed by atoms with Crippen LogP contribution in [0.15, 0.2) is 71.2 Å². The lowest BCUT2D eigenvalue weighted by atomic mass is 9.73. The second kappa shape index (κ2) is 13.5. The van der Waals surface area contributed by atoms with Crippen LogP contribution >= 0.6 is 22.7 Å². The highest BCUT2D eigenvalue weighted by Gasteiger charge is 2.50. The van der Waals surface area contributed by atoms with Crippen molar-refractivity contribution >= 4 is 63.3 Å². The van der Waals surface area contributed by atoms with E-state index in [4.69, 9.17) is 19.4 Å². The average Bonchev–Trinajstić information content (AvgIpc) is 4.00. The minimum absolute atomic E-state index is 0.00281. The first-order chi connectivity index (χ1) is 29.9. The van der Waals surface area contributed by atoms with Crippen molar-refractivity contribution in [2.24, 2.45) is 11.8 Å². The number of aliphatic hydroxyl groups excluding tert-OH is 1. The summed E-state index contributed by atoms with van der Waals surface area (Å²) in [4.78, 5) is 52.0. The maximum absolute atomic E-state index is 14.2. The summed E-state index contributed by atoms with van der Waals surface area (Å²) >= 11 is 2.76. The highest BCUT2D eigenvalue weighted by atomic mass is 32.1. The Morgan fingerprint density at radius 2 is 1.05 bits per heavy atom. The van der Waals surface area contributed by atoms with Crippen LogP contribution in [0.25, 0.3) is 23.3 Å². The first-order valence-corrected chi connectivity index (χ1v) is 22.6. The van der Waals surface area contributed by atoms with Crippen LogP contribution < -0.4 is 0 Å². The van der Waals surface area contributed by atoms with Crippen molar-refractivity contribution in [2.45, 2.75) is 81.5 Å². The quantitative estimate of drug-likeness (QED) is 0.120. The van der Waals surface area contributed by atoms with Gasteiger partial charge in [-0.3, -0.25) is 14.4 Å². The van der Waals surface area contributed by atoms with Gasteiger partial charge in [0, 0.05) is 45.2 Å². The zero-order valence-electron chi connectivity index (χ0n) is 32.8. The van der Waals surface area contributed by atoms with E-state index < -0.39 is 57.9 Å². The van der Waals surface area contributed by atoms with Crippen molar-refractivity contribution in [1.82, 2.24) is 9.97 Å². The third kappa shape index (κ3) is 5.48. The number of halogens is 4. The number of aliphatic hydroxyl groups is 1. The van der Waals surface area contributed by atoms with Crippen LogP contribution in [0.2, 0.25) is 0 Å². The molecule has 2 aliphatic heterocycles. The largest absolute Gasteiger partial charge is 0.481 e. The molecule has 3 atom stereocenters. The van der Waals surface area contributed by atoms with E-state index in [1.807, 2.05) is 0 Å². The number of nitrogens with zero attached hydrogens (tertiary/aromatic N) is 2. The Labute approximate surface area is 359 Å². The molecular formula is C48H34F4N2O6S2. The van der Waals surface area contributed by atoms with Gasteiger partial charge in [0.2, 0.25) is 0 Å². The number of Topliss-reactive ketones (excluding diaryl/α,β-unsaturated/α-hetero) is 3. The highest BCUT2D eigenvalue weighted by Crippen LogP contribution is 2.58. The van der Waals surface area contributed by atoms with Gasteiger partial charge in [-0.1, -0.05) is 25.0 Å². The fourth-order valence-corrected chi connectivity index (χ4v) is 12.9. The number of rotatable bonds is 2. The summed E-state index contributed by atoms with van der Waals surface area (Å²) in [5.41, 5.74) is 1.31. The molecule has 62 heavy (non-hydrogen) atoms. The first-order valence-electron chi connectivity index (χ1n) is 20.9. The molecule has 2 spiro atoms. The molecule has 312 valence electrons. The summed E-state index contributed by atoms with van der Waals surface area (Å²) in [5.74, 6) is -5.40. The van der Waals surface area contributed by atoms with Crippen LogP contribution in [0.5, 0.6) is 0 Å². The summed E-state index contributed by atoms with van der Waals surface area (Å²) in [6.45, 7) is 0. The van der Waals surface area contributed by atoms with E-state index in [-0.39, 0.29) is 45.2 Å². The third-order valence-electron chi connectivity index (χ3n) is 13.7. The SMILES string of the molecule is O=C1C(=Cc2nc3c(s2)C2=CC4C=C5OC6(CCCCC6)c6nc(/C=C7/C(=O)c8cc(F)c(F)cc8C7O)sc6C5=CC4C=C2OC32CCCCC2)C(=O)c2cc(F)c(F)cc21. The van der Waals surface area contributed by atoms with Gasteiger partial charge in [-0.15, -0.1) is 22.7 Å². The molecule has 8 nitrogen and oxygen atoms in total. The monoisotopic (exact) mass is 874 g/mol. The van der Waals surface area contributed by atoms with E-state index in [9.17, 15) is 37.1 Å². The van der Waals surface area contributed by atoms with Crippen molar-refractivity contribution in [3.8, 4) is 0 Å². The van der Waals surface area contributed by atoms with Gasteiger partial charge >= 0.3 is 0 Å². The van der Waals surface area contributed by atoms with Crippen molar-refractivity contribution in [3.63, 3.8) is 0 Å². The van der Waals surface area contributed by atoms with E-state index >= 15 is 0 Å². The third-order valence-corrected chi connectivity index (χ3v) is 15.8. The van der Waals surface area contributed by atoms with Crippen LogP contribution in [-0.4, -0.2) is 32.4 Å². The molecule has 0 radical (unpaired) electrons. The molecule has 6 aliphatic carbocycles. The van der Waals surface area contributed by atoms with Crippen molar-refractivity contribution < 1.29 is 46.5 Å². The van der Waals surface area contributed by atoms with Crippen LogP contribution in [0.3, 0.4) is 0 Å². The molecule has 1 N–H and O–H groups in total. The molecule has 0 saturated heterocycles. The predicted molar refractivity (Wildman–Crippen MR) is 222 cm³/mol. The van der Waals surface area contributed by atoms with Gasteiger partial charge in [0.05, 0.1) is 15.3 Å². The molecule has 2 saturated carbocycles. The van der Waals surface area contributed by atoms with Gasteiger partial charge in [-0.25, -0.2) is 27.5 Å². The van der Waals surface area contributed by atoms with Crippen molar-refractivity contribution in [3.05, 3.63) is 148 Å². The summed E-state index contributed by atoms with van der Waals surface area (Å²) in [7, 11) is 0. The molecule has 4 heterocycles. The average molecular weight is 875 g/mol.